The van der Waals surface area contributed by atoms with Crippen LogP contribution in [-0.4, -0.2) is 87.2 Å². The molecule has 116 valence electrons. The van der Waals surface area contributed by atoms with Crippen LogP contribution < -0.4 is 5.32 Å². The average Bonchev–Trinajstić information content (AvgIpc) is 2.46. The monoisotopic (exact) mass is 281 g/mol. The van der Waals surface area contributed by atoms with Crippen molar-refractivity contribution < 1.29 is 0 Å². The van der Waals surface area contributed by atoms with Crippen molar-refractivity contribution in [1.82, 2.24) is 20.0 Å². The normalized spacial score (nSPS) is 19.1. The minimum Gasteiger partial charge on any atom is -0.308 e. The smallest absolute Gasteiger partial charge is 0.0965 e. The van der Waals surface area contributed by atoms with E-state index < -0.39 is 0 Å². The van der Waals surface area contributed by atoms with Gasteiger partial charge in [0, 0.05) is 45.8 Å². The highest BCUT2D eigenvalue weighted by molar-refractivity contribution is 4.90. The molecule has 1 aliphatic heterocycles. The number of nitrogens with zero attached hydrogens (tertiary/aromatic N) is 4. The molecule has 0 radical (unpaired) electrons. The summed E-state index contributed by atoms with van der Waals surface area (Å²) in [5.41, 5.74) is 0. The van der Waals surface area contributed by atoms with Gasteiger partial charge >= 0.3 is 0 Å². The third-order valence-electron chi connectivity index (χ3n) is 3.86. The lowest BCUT2D eigenvalue weighted by Gasteiger charge is -2.35. The fraction of sp³-hybridized carbons (Fsp3) is 0.933. The van der Waals surface area contributed by atoms with Gasteiger partial charge in [0.1, 0.15) is 0 Å². The Bertz CT molecular complexity index is 278. The van der Waals surface area contributed by atoms with Gasteiger partial charge in [0.2, 0.25) is 0 Å². The quantitative estimate of drug-likeness (QED) is 0.665. The topological polar surface area (TPSA) is 45.5 Å². The maximum atomic E-state index is 9.10. The van der Waals surface area contributed by atoms with Crippen molar-refractivity contribution in [1.29, 1.82) is 5.26 Å². The zero-order chi connectivity index (χ0) is 14.8. The average molecular weight is 281 g/mol. The second-order valence-electron chi connectivity index (χ2n) is 5.91. The SMILES string of the molecule is CCCNC(C#N)CCN1CCN(CCN(C)C)CC1. The first-order valence-electron chi connectivity index (χ1n) is 7.88. The third-order valence-corrected chi connectivity index (χ3v) is 3.86. The van der Waals surface area contributed by atoms with Gasteiger partial charge < -0.3 is 15.1 Å². The highest BCUT2D eigenvalue weighted by Crippen LogP contribution is 2.04. The molecule has 0 amide bonds. The predicted octanol–water partition coefficient (Wildman–Crippen LogP) is 0.447. The van der Waals surface area contributed by atoms with Crippen LogP contribution in [0.2, 0.25) is 0 Å². The molecule has 1 N–H and O–H groups in total. The molecule has 0 aliphatic carbocycles. The van der Waals surface area contributed by atoms with Crippen LogP contribution in [0.1, 0.15) is 19.8 Å². The minimum atomic E-state index is 0.0155. The molecule has 1 saturated heterocycles. The summed E-state index contributed by atoms with van der Waals surface area (Å²) in [4.78, 5) is 7.26. The predicted molar refractivity (Wildman–Crippen MR) is 83.7 cm³/mol. The molecule has 1 unspecified atom stereocenters. The zero-order valence-corrected chi connectivity index (χ0v) is 13.4. The van der Waals surface area contributed by atoms with E-state index >= 15 is 0 Å². The van der Waals surface area contributed by atoms with Crippen LogP contribution in [0.4, 0.5) is 0 Å². The molecule has 0 aromatic carbocycles. The van der Waals surface area contributed by atoms with Crippen molar-refractivity contribution >= 4 is 0 Å². The Labute approximate surface area is 124 Å². The summed E-state index contributed by atoms with van der Waals surface area (Å²) in [7, 11) is 4.25. The number of nitrogens with one attached hydrogen (secondary N) is 1. The van der Waals surface area contributed by atoms with Crippen molar-refractivity contribution in [3.8, 4) is 6.07 Å². The highest BCUT2D eigenvalue weighted by atomic mass is 15.3. The van der Waals surface area contributed by atoms with E-state index in [0.717, 1.165) is 58.7 Å². The van der Waals surface area contributed by atoms with E-state index in [4.69, 9.17) is 5.26 Å². The number of nitriles is 1. The summed E-state index contributed by atoms with van der Waals surface area (Å²) in [6, 6.07) is 2.38. The summed E-state index contributed by atoms with van der Waals surface area (Å²) in [6.45, 7) is 11.0. The summed E-state index contributed by atoms with van der Waals surface area (Å²) in [5.74, 6) is 0. The van der Waals surface area contributed by atoms with Crippen LogP contribution in [-0.2, 0) is 0 Å². The Morgan fingerprint density at radius 1 is 1.15 bits per heavy atom. The molecule has 0 spiro atoms. The fourth-order valence-electron chi connectivity index (χ4n) is 2.42. The second-order valence-corrected chi connectivity index (χ2v) is 5.91. The molecule has 0 bridgehead atoms. The molecular weight excluding hydrogens is 250 g/mol. The zero-order valence-electron chi connectivity index (χ0n) is 13.4. The van der Waals surface area contributed by atoms with Gasteiger partial charge in [-0.25, -0.2) is 0 Å². The van der Waals surface area contributed by atoms with Crippen molar-refractivity contribution in [2.75, 3.05) is 66.5 Å². The Kier molecular flexibility index (Phi) is 8.79. The largest absolute Gasteiger partial charge is 0.308 e. The number of piperazine rings is 1. The molecule has 5 heteroatoms. The lowest BCUT2D eigenvalue weighted by Crippen LogP contribution is -2.48. The number of hydrogen-bond donors (Lipinski definition) is 1. The third kappa shape index (κ3) is 7.20. The Morgan fingerprint density at radius 3 is 2.25 bits per heavy atom. The molecule has 1 atom stereocenters. The lowest BCUT2D eigenvalue weighted by molar-refractivity contribution is 0.123. The van der Waals surface area contributed by atoms with E-state index in [-0.39, 0.29) is 6.04 Å². The second kappa shape index (κ2) is 10.1. The minimum absolute atomic E-state index is 0.0155. The maximum absolute atomic E-state index is 9.10. The van der Waals surface area contributed by atoms with Crippen LogP contribution in [0.3, 0.4) is 0 Å². The standard InChI is InChI=1S/C15H31N5/c1-4-6-17-15(14-16)5-7-19-10-12-20(13-11-19)9-8-18(2)3/h15,17H,4-13H2,1-3H3. The number of likely N-dealkylation sites (N-methyl/N-ethyl adjacent to an activating group) is 1. The Morgan fingerprint density at radius 2 is 1.75 bits per heavy atom. The fourth-order valence-corrected chi connectivity index (χ4v) is 2.42. The molecule has 0 aromatic heterocycles. The van der Waals surface area contributed by atoms with Crippen LogP contribution in [0, 0.1) is 11.3 Å². The van der Waals surface area contributed by atoms with E-state index in [2.05, 4.69) is 47.1 Å². The summed E-state index contributed by atoms with van der Waals surface area (Å²) in [6.07, 6.45) is 2.02. The maximum Gasteiger partial charge on any atom is 0.0965 e. The summed E-state index contributed by atoms with van der Waals surface area (Å²) < 4.78 is 0. The molecule has 1 rings (SSSR count). The molecule has 0 aromatic rings. The number of hydrogen-bond acceptors (Lipinski definition) is 5. The molecular formula is C15H31N5. The van der Waals surface area contributed by atoms with Crippen molar-refractivity contribution in [3.05, 3.63) is 0 Å². The van der Waals surface area contributed by atoms with Gasteiger partial charge in [-0.15, -0.1) is 0 Å². The van der Waals surface area contributed by atoms with E-state index in [0.29, 0.717) is 0 Å². The van der Waals surface area contributed by atoms with Gasteiger partial charge in [-0.05, 0) is 33.5 Å². The summed E-state index contributed by atoms with van der Waals surface area (Å²) >= 11 is 0. The van der Waals surface area contributed by atoms with Gasteiger partial charge in [-0.2, -0.15) is 5.26 Å². The van der Waals surface area contributed by atoms with Gasteiger partial charge in [0.15, 0.2) is 0 Å². The van der Waals surface area contributed by atoms with Gasteiger partial charge in [0.05, 0.1) is 12.1 Å². The van der Waals surface area contributed by atoms with E-state index in [1.807, 2.05) is 0 Å². The van der Waals surface area contributed by atoms with Gasteiger partial charge in [-0.3, -0.25) is 4.90 Å². The Hall–Kier alpha value is -0.670. The first-order valence-corrected chi connectivity index (χ1v) is 7.88. The summed E-state index contributed by atoms with van der Waals surface area (Å²) in [5, 5.41) is 12.4. The molecule has 0 saturated carbocycles. The molecule has 20 heavy (non-hydrogen) atoms. The van der Waals surface area contributed by atoms with Crippen LogP contribution in [0.25, 0.3) is 0 Å². The van der Waals surface area contributed by atoms with Crippen molar-refractivity contribution in [3.63, 3.8) is 0 Å². The highest BCUT2D eigenvalue weighted by Gasteiger charge is 2.17. The van der Waals surface area contributed by atoms with E-state index in [1.54, 1.807) is 0 Å². The van der Waals surface area contributed by atoms with Crippen LogP contribution in [0.15, 0.2) is 0 Å². The van der Waals surface area contributed by atoms with E-state index in [1.165, 1.54) is 6.54 Å². The Balaban J connectivity index is 2.14. The molecule has 1 heterocycles. The first-order chi connectivity index (χ1) is 9.65. The molecule has 5 nitrogen and oxygen atoms in total. The van der Waals surface area contributed by atoms with E-state index in [9.17, 15) is 0 Å². The first kappa shape index (κ1) is 17.4. The van der Waals surface area contributed by atoms with Crippen molar-refractivity contribution in [2.45, 2.75) is 25.8 Å². The molecule has 1 aliphatic rings. The lowest BCUT2D eigenvalue weighted by atomic mass is 10.2. The van der Waals surface area contributed by atoms with Gasteiger partial charge in [0.25, 0.3) is 0 Å². The molecule has 1 fully saturated rings. The van der Waals surface area contributed by atoms with Crippen molar-refractivity contribution in [2.24, 2.45) is 0 Å². The van der Waals surface area contributed by atoms with Gasteiger partial charge in [-0.1, -0.05) is 6.92 Å². The van der Waals surface area contributed by atoms with Crippen LogP contribution in [0.5, 0.6) is 0 Å². The number of rotatable bonds is 9. The van der Waals surface area contributed by atoms with Crippen LogP contribution >= 0.6 is 0 Å².